The van der Waals surface area contributed by atoms with E-state index in [1.165, 1.54) is 25.7 Å². The number of halogens is 1. The van der Waals surface area contributed by atoms with Gasteiger partial charge in [-0.2, -0.15) is 5.10 Å². The summed E-state index contributed by atoms with van der Waals surface area (Å²) in [5.41, 5.74) is 6.54. The number of hydrogen-bond acceptors (Lipinski definition) is 4. The zero-order chi connectivity index (χ0) is 19.2. The highest BCUT2D eigenvalue weighted by atomic mass is 35.5. The summed E-state index contributed by atoms with van der Waals surface area (Å²) < 4.78 is 1.74. The van der Waals surface area contributed by atoms with Crippen LogP contribution in [0, 0.1) is 5.92 Å². The molecule has 0 bridgehead atoms. The largest absolute Gasteiger partial charge is 0.329 e. The summed E-state index contributed by atoms with van der Waals surface area (Å²) in [7, 11) is 0. The average molecular weight is 407 g/mol. The Morgan fingerprint density at radius 1 is 1.41 bits per heavy atom. The van der Waals surface area contributed by atoms with Crippen LogP contribution in [0.1, 0.15) is 43.6 Å². The maximum atomic E-state index is 13.1. The van der Waals surface area contributed by atoms with E-state index in [1.54, 1.807) is 16.4 Å². The maximum Gasteiger partial charge on any atom is 0.233 e. The normalized spacial score (nSPS) is 15.8. The molecule has 2 aromatic rings. The fourth-order valence-corrected chi connectivity index (χ4v) is 4.65. The molecule has 5 nitrogen and oxygen atoms in total. The van der Waals surface area contributed by atoms with Crippen molar-refractivity contribution < 1.29 is 4.79 Å². The maximum absolute atomic E-state index is 13.1. The van der Waals surface area contributed by atoms with Gasteiger partial charge >= 0.3 is 0 Å². The minimum Gasteiger partial charge on any atom is -0.329 e. The summed E-state index contributed by atoms with van der Waals surface area (Å²) in [6, 6.07) is 7.79. The predicted octanol–water partition coefficient (Wildman–Crippen LogP) is 4.52. The molecule has 1 aliphatic carbocycles. The van der Waals surface area contributed by atoms with Crippen molar-refractivity contribution in [3.63, 3.8) is 0 Å². The topological polar surface area (TPSA) is 72.9 Å². The quantitative estimate of drug-likeness (QED) is 0.632. The molecule has 0 unspecified atom stereocenters. The molecule has 1 aromatic carbocycles. The molecule has 0 spiro atoms. The van der Waals surface area contributed by atoms with E-state index in [9.17, 15) is 4.79 Å². The number of rotatable bonds is 8. The number of hydrogen-bond donors (Lipinski definition) is 2. The standard InChI is InChI=1S/C20H27ClN4OS/c1-27-18-7-6-15(13-17(18)21)16(12-14-4-2-3-5-14)20(26)23-19-8-10-25(24-19)11-9-22/h6-8,10,13-14,16H,2-5,9,11-12,22H2,1H3,(H,23,24,26)/t16-/m1/s1. The third kappa shape index (κ3) is 5.27. The molecule has 3 N–H and O–H groups in total. The second-order valence-electron chi connectivity index (χ2n) is 7.07. The van der Waals surface area contributed by atoms with Crippen molar-refractivity contribution in [1.29, 1.82) is 0 Å². The lowest BCUT2D eigenvalue weighted by molar-refractivity contribution is -0.118. The fourth-order valence-electron chi connectivity index (χ4n) is 3.77. The number of aromatic nitrogens is 2. The third-order valence-electron chi connectivity index (χ3n) is 5.19. The number of anilines is 1. The van der Waals surface area contributed by atoms with E-state index in [4.69, 9.17) is 17.3 Å². The number of thioether (sulfide) groups is 1. The Morgan fingerprint density at radius 3 is 2.85 bits per heavy atom. The summed E-state index contributed by atoms with van der Waals surface area (Å²) in [4.78, 5) is 14.1. The van der Waals surface area contributed by atoms with Crippen LogP contribution in [0.2, 0.25) is 5.02 Å². The number of carbonyl (C=O) groups is 1. The molecule has 1 heterocycles. The summed E-state index contributed by atoms with van der Waals surface area (Å²) in [5.74, 6) is 0.917. The van der Waals surface area contributed by atoms with Crippen LogP contribution in [0.15, 0.2) is 35.4 Å². The van der Waals surface area contributed by atoms with Crippen molar-refractivity contribution in [2.75, 3.05) is 18.1 Å². The first-order valence-electron chi connectivity index (χ1n) is 9.48. The van der Waals surface area contributed by atoms with Crippen LogP contribution in [0.3, 0.4) is 0 Å². The minimum atomic E-state index is -0.221. The minimum absolute atomic E-state index is 0.0205. The summed E-state index contributed by atoms with van der Waals surface area (Å²) in [6.45, 7) is 1.15. The van der Waals surface area contributed by atoms with Crippen molar-refractivity contribution in [2.45, 2.75) is 49.5 Å². The van der Waals surface area contributed by atoms with Gasteiger partial charge in [0.05, 0.1) is 17.5 Å². The molecular weight excluding hydrogens is 380 g/mol. The summed E-state index contributed by atoms with van der Waals surface area (Å²) in [6.07, 6.45) is 9.60. The van der Waals surface area contributed by atoms with Gasteiger partial charge in [-0.3, -0.25) is 9.48 Å². The van der Waals surface area contributed by atoms with Crippen LogP contribution in [-0.4, -0.2) is 28.5 Å². The molecule has 0 saturated heterocycles. The smallest absolute Gasteiger partial charge is 0.233 e. The number of nitrogens with one attached hydrogen (secondary N) is 1. The summed E-state index contributed by atoms with van der Waals surface area (Å²) >= 11 is 8.02. The first kappa shape index (κ1) is 20.2. The Balaban J connectivity index is 1.79. The monoisotopic (exact) mass is 406 g/mol. The highest BCUT2D eigenvalue weighted by Crippen LogP contribution is 2.37. The first-order chi connectivity index (χ1) is 13.1. The first-order valence-corrected chi connectivity index (χ1v) is 11.1. The third-order valence-corrected chi connectivity index (χ3v) is 6.41. The van der Waals surface area contributed by atoms with Crippen LogP contribution >= 0.6 is 23.4 Å². The average Bonchev–Trinajstić information content (AvgIpc) is 3.32. The van der Waals surface area contributed by atoms with E-state index in [1.807, 2.05) is 36.7 Å². The van der Waals surface area contributed by atoms with Crippen molar-refractivity contribution >= 4 is 35.1 Å². The number of benzene rings is 1. The van der Waals surface area contributed by atoms with Crippen LogP contribution in [0.4, 0.5) is 5.82 Å². The molecule has 1 fully saturated rings. The molecule has 146 valence electrons. The second kappa shape index (κ2) is 9.62. The molecule has 1 amide bonds. The fraction of sp³-hybridized carbons (Fsp3) is 0.500. The van der Waals surface area contributed by atoms with Gasteiger partial charge in [-0.05, 0) is 36.3 Å². The molecule has 27 heavy (non-hydrogen) atoms. The zero-order valence-electron chi connectivity index (χ0n) is 15.7. The van der Waals surface area contributed by atoms with E-state index in [0.717, 1.165) is 16.9 Å². The Bertz CT molecular complexity index is 773. The van der Waals surface area contributed by atoms with Gasteiger partial charge in [-0.15, -0.1) is 11.8 Å². The Labute approximate surface area is 170 Å². The molecule has 3 rings (SSSR count). The van der Waals surface area contributed by atoms with Gasteiger partial charge in [0.1, 0.15) is 0 Å². The molecule has 7 heteroatoms. The summed E-state index contributed by atoms with van der Waals surface area (Å²) in [5, 5.41) is 8.05. The highest BCUT2D eigenvalue weighted by Gasteiger charge is 2.27. The van der Waals surface area contributed by atoms with E-state index in [-0.39, 0.29) is 11.8 Å². The Kier molecular flexibility index (Phi) is 7.21. The molecule has 1 aliphatic rings. The highest BCUT2D eigenvalue weighted by molar-refractivity contribution is 7.98. The van der Waals surface area contributed by atoms with Crippen molar-refractivity contribution in [3.8, 4) is 0 Å². The van der Waals surface area contributed by atoms with Crippen LogP contribution in [-0.2, 0) is 11.3 Å². The van der Waals surface area contributed by atoms with Crippen molar-refractivity contribution in [2.24, 2.45) is 11.7 Å². The zero-order valence-corrected chi connectivity index (χ0v) is 17.2. The van der Waals surface area contributed by atoms with Crippen molar-refractivity contribution in [3.05, 3.63) is 41.0 Å². The van der Waals surface area contributed by atoms with Gasteiger partial charge < -0.3 is 11.1 Å². The van der Waals surface area contributed by atoms with Gasteiger partial charge in [-0.25, -0.2) is 0 Å². The molecule has 1 aromatic heterocycles. The van der Waals surface area contributed by atoms with E-state index < -0.39 is 0 Å². The van der Waals surface area contributed by atoms with Gasteiger partial charge in [0, 0.05) is 23.7 Å². The van der Waals surface area contributed by atoms with Crippen LogP contribution in [0.5, 0.6) is 0 Å². The van der Waals surface area contributed by atoms with Gasteiger partial charge in [-0.1, -0.05) is 43.4 Å². The SMILES string of the molecule is CSc1ccc([C@@H](CC2CCCC2)C(=O)Nc2ccn(CCN)n2)cc1Cl. The molecule has 0 radical (unpaired) electrons. The van der Waals surface area contributed by atoms with Crippen molar-refractivity contribution in [1.82, 2.24) is 9.78 Å². The van der Waals surface area contributed by atoms with Crippen LogP contribution < -0.4 is 11.1 Å². The van der Waals surface area contributed by atoms with E-state index >= 15 is 0 Å². The lowest BCUT2D eigenvalue weighted by Gasteiger charge is -2.21. The second-order valence-corrected chi connectivity index (χ2v) is 8.33. The number of carbonyl (C=O) groups excluding carboxylic acids is 1. The Hall–Kier alpha value is -1.50. The molecule has 1 saturated carbocycles. The molecule has 0 aliphatic heterocycles. The number of nitrogens with two attached hydrogens (primary N) is 1. The number of nitrogens with zero attached hydrogens (tertiary/aromatic N) is 2. The van der Waals surface area contributed by atoms with E-state index in [2.05, 4.69) is 10.4 Å². The Morgan fingerprint density at radius 2 is 2.19 bits per heavy atom. The lowest BCUT2D eigenvalue weighted by atomic mass is 9.87. The van der Waals surface area contributed by atoms with Gasteiger partial charge in [0.15, 0.2) is 5.82 Å². The molecule has 1 atom stereocenters. The predicted molar refractivity (Wildman–Crippen MR) is 112 cm³/mol. The van der Waals surface area contributed by atoms with E-state index in [0.29, 0.717) is 29.8 Å². The van der Waals surface area contributed by atoms with Gasteiger partial charge in [0.2, 0.25) is 5.91 Å². The lowest BCUT2D eigenvalue weighted by Crippen LogP contribution is -2.23. The number of amides is 1. The van der Waals surface area contributed by atoms with Crippen LogP contribution in [0.25, 0.3) is 0 Å². The van der Waals surface area contributed by atoms with Gasteiger partial charge in [0.25, 0.3) is 0 Å². The molecular formula is C20H27ClN4OS.